The third-order valence-electron chi connectivity index (χ3n) is 3.29. The molecule has 0 spiro atoms. The Kier molecular flexibility index (Phi) is 5.10. The second-order valence-corrected chi connectivity index (χ2v) is 6.00. The number of hydrazone groups is 1. The topological polar surface area (TPSA) is 107 Å². The number of benzene rings is 2. The van der Waals surface area contributed by atoms with Gasteiger partial charge in [-0.3, -0.25) is 4.79 Å². The van der Waals surface area contributed by atoms with Crippen LogP contribution in [-0.2, 0) is 4.79 Å². The summed E-state index contributed by atoms with van der Waals surface area (Å²) in [5.41, 5.74) is 4.67. The molecular formula is C17H14N4O3S. The Morgan fingerprint density at radius 3 is 2.76 bits per heavy atom. The Bertz CT molecular complexity index is 919. The summed E-state index contributed by atoms with van der Waals surface area (Å²) in [5, 5.41) is 13.5. The first kappa shape index (κ1) is 16.7. The molecule has 1 amide bonds. The summed E-state index contributed by atoms with van der Waals surface area (Å²) in [6.45, 7) is 0. The molecule has 2 aromatic carbocycles. The summed E-state index contributed by atoms with van der Waals surface area (Å²) in [4.78, 5) is 30.4. The van der Waals surface area contributed by atoms with Crippen LogP contribution in [0.3, 0.4) is 0 Å². The van der Waals surface area contributed by atoms with Gasteiger partial charge >= 0.3 is 5.97 Å². The van der Waals surface area contributed by atoms with E-state index < -0.39 is 5.97 Å². The highest BCUT2D eigenvalue weighted by atomic mass is 32.2. The van der Waals surface area contributed by atoms with E-state index in [0.29, 0.717) is 10.7 Å². The second-order valence-electron chi connectivity index (χ2n) is 5.03. The Hall–Kier alpha value is -3.13. The van der Waals surface area contributed by atoms with Gasteiger partial charge in [0.2, 0.25) is 0 Å². The van der Waals surface area contributed by atoms with Crippen molar-refractivity contribution < 1.29 is 14.7 Å². The molecule has 0 aliphatic carbocycles. The lowest BCUT2D eigenvalue weighted by molar-refractivity contribution is -0.118. The lowest BCUT2D eigenvalue weighted by Gasteiger charge is -2.00. The predicted molar refractivity (Wildman–Crippen MR) is 96.0 cm³/mol. The molecule has 1 aromatic heterocycles. The van der Waals surface area contributed by atoms with Gasteiger partial charge in [-0.05, 0) is 18.2 Å². The van der Waals surface area contributed by atoms with Crippen molar-refractivity contribution in [3.05, 3.63) is 59.7 Å². The lowest BCUT2D eigenvalue weighted by Crippen LogP contribution is -2.19. The van der Waals surface area contributed by atoms with Crippen molar-refractivity contribution >= 4 is 40.9 Å². The molecule has 8 heteroatoms. The van der Waals surface area contributed by atoms with Crippen LogP contribution >= 0.6 is 11.8 Å². The van der Waals surface area contributed by atoms with E-state index in [1.165, 1.54) is 24.0 Å². The number of carboxylic acid groups (broad SMARTS) is 1. The third-order valence-corrected chi connectivity index (χ3v) is 4.17. The monoisotopic (exact) mass is 354 g/mol. The molecule has 25 heavy (non-hydrogen) atoms. The molecule has 3 rings (SSSR count). The predicted octanol–water partition coefficient (Wildman–Crippen LogP) is 2.50. The number of carbonyl (C=O) groups excluding carboxylic acids is 1. The minimum Gasteiger partial charge on any atom is -0.478 e. The minimum atomic E-state index is -1.05. The molecule has 0 radical (unpaired) electrons. The Morgan fingerprint density at radius 2 is 1.96 bits per heavy atom. The molecule has 3 N–H and O–H groups in total. The maximum absolute atomic E-state index is 11.8. The molecule has 0 atom stereocenters. The van der Waals surface area contributed by atoms with E-state index in [-0.39, 0.29) is 17.2 Å². The number of imidazole rings is 1. The van der Waals surface area contributed by atoms with Crippen molar-refractivity contribution in [1.29, 1.82) is 0 Å². The van der Waals surface area contributed by atoms with Crippen LogP contribution in [0.15, 0.2) is 58.8 Å². The van der Waals surface area contributed by atoms with Gasteiger partial charge in [0, 0.05) is 5.56 Å². The molecule has 3 aromatic rings. The summed E-state index contributed by atoms with van der Waals surface area (Å²) in [6, 6.07) is 14.0. The fourth-order valence-electron chi connectivity index (χ4n) is 2.14. The van der Waals surface area contributed by atoms with E-state index in [2.05, 4.69) is 20.5 Å². The minimum absolute atomic E-state index is 0.122. The molecule has 0 fully saturated rings. The zero-order valence-electron chi connectivity index (χ0n) is 13.0. The van der Waals surface area contributed by atoms with Gasteiger partial charge in [-0.15, -0.1) is 0 Å². The zero-order chi connectivity index (χ0) is 17.6. The number of carbonyl (C=O) groups is 2. The van der Waals surface area contributed by atoms with Gasteiger partial charge in [0.1, 0.15) is 0 Å². The molecular weight excluding hydrogens is 340 g/mol. The number of aromatic nitrogens is 2. The third kappa shape index (κ3) is 4.24. The molecule has 0 aliphatic heterocycles. The number of nitrogens with one attached hydrogen (secondary N) is 2. The number of hydrogen-bond acceptors (Lipinski definition) is 5. The first-order valence-corrected chi connectivity index (χ1v) is 8.34. The zero-order valence-corrected chi connectivity index (χ0v) is 13.8. The van der Waals surface area contributed by atoms with Crippen LogP contribution in [0.2, 0.25) is 0 Å². The number of thioether (sulfide) groups is 1. The highest BCUT2D eigenvalue weighted by Gasteiger charge is 2.08. The highest BCUT2D eigenvalue weighted by molar-refractivity contribution is 7.99. The average Bonchev–Trinajstić information content (AvgIpc) is 3.03. The first-order valence-electron chi connectivity index (χ1n) is 7.35. The van der Waals surface area contributed by atoms with Gasteiger partial charge in [-0.25, -0.2) is 15.2 Å². The molecule has 0 saturated carbocycles. The number of para-hydroxylation sites is 2. The Morgan fingerprint density at radius 1 is 1.20 bits per heavy atom. The van der Waals surface area contributed by atoms with Crippen molar-refractivity contribution in [2.75, 3.05) is 5.75 Å². The van der Waals surface area contributed by atoms with Crippen LogP contribution in [0.25, 0.3) is 11.0 Å². The smallest absolute Gasteiger partial charge is 0.336 e. The molecule has 0 aliphatic rings. The summed E-state index contributed by atoms with van der Waals surface area (Å²) in [7, 11) is 0. The van der Waals surface area contributed by atoms with Gasteiger partial charge in [0.05, 0.1) is 28.6 Å². The lowest BCUT2D eigenvalue weighted by atomic mass is 10.1. The normalized spacial score (nSPS) is 11.0. The van der Waals surface area contributed by atoms with E-state index in [9.17, 15) is 9.59 Å². The summed E-state index contributed by atoms with van der Waals surface area (Å²) in [5.74, 6) is -1.22. The van der Waals surface area contributed by atoms with Crippen molar-refractivity contribution in [3.8, 4) is 0 Å². The summed E-state index contributed by atoms with van der Waals surface area (Å²) < 4.78 is 0. The fraction of sp³-hybridized carbons (Fsp3) is 0.0588. The maximum Gasteiger partial charge on any atom is 0.336 e. The van der Waals surface area contributed by atoms with Gasteiger partial charge < -0.3 is 10.1 Å². The quantitative estimate of drug-likeness (QED) is 0.358. The van der Waals surface area contributed by atoms with Crippen molar-refractivity contribution in [3.63, 3.8) is 0 Å². The van der Waals surface area contributed by atoms with E-state index >= 15 is 0 Å². The number of fused-ring (bicyclic) bond motifs is 1. The van der Waals surface area contributed by atoms with Crippen LogP contribution in [0.5, 0.6) is 0 Å². The molecule has 7 nitrogen and oxygen atoms in total. The SMILES string of the molecule is O=C(CSc1nc2ccccc2[nH]1)N/N=C\c1ccccc1C(=O)O. The van der Waals surface area contributed by atoms with E-state index in [1.807, 2.05) is 24.3 Å². The number of aromatic carboxylic acids is 1. The number of nitrogens with zero attached hydrogens (tertiary/aromatic N) is 2. The Balaban J connectivity index is 1.55. The number of amides is 1. The van der Waals surface area contributed by atoms with Gasteiger partial charge in [-0.2, -0.15) is 5.10 Å². The second kappa shape index (κ2) is 7.63. The van der Waals surface area contributed by atoms with E-state index in [4.69, 9.17) is 5.11 Å². The largest absolute Gasteiger partial charge is 0.478 e. The van der Waals surface area contributed by atoms with Crippen molar-refractivity contribution in [2.24, 2.45) is 5.10 Å². The van der Waals surface area contributed by atoms with Crippen LogP contribution in [0.1, 0.15) is 15.9 Å². The molecule has 126 valence electrons. The number of rotatable bonds is 6. The summed E-state index contributed by atoms with van der Waals surface area (Å²) >= 11 is 1.26. The van der Waals surface area contributed by atoms with Gasteiger partial charge in [-0.1, -0.05) is 42.1 Å². The van der Waals surface area contributed by atoms with E-state index in [0.717, 1.165) is 11.0 Å². The van der Waals surface area contributed by atoms with Crippen LogP contribution in [0.4, 0.5) is 0 Å². The van der Waals surface area contributed by atoms with Gasteiger partial charge in [0.25, 0.3) is 5.91 Å². The number of aromatic amines is 1. The highest BCUT2D eigenvalue weighted by Crippen LogP contribution is 2.18. The van der Waals surface area contributed by atoms with Crippen LogP contribution in [-0.4, -0.2) is 38.9 Å². The molecule has 1 heterocycles. The number of hydrogen-bond donors (Lipinski definition) is 3. The fourth-order valence-corrected chi connectivity index (χ4v) is 2.82. The number of carboxylic acids is 1. The van der Waals surface area contributed by atoms with Crippen LogP contribution in [0, 0.1) is 0 Å². The maximum atomic E-state index is 11.8. The first-order chi connectivity index (χ1) is 12.1. The molecule has 0 unspecified atom stereocenters. The van der Waals surface area contributed by atoms with E-state index in [1.54, 1.807) is 18.2 Å². The van der Waals surface area contributed by atoms with Crippen molar-refractivity contribution in [1.82, 2.24) is 15.4 Å². The van der Waals surface area contributed by atoms with Crippen LogP contribution < -0.4 is 5.43 Å². The van der Waals surface area contributed by atoms with Crippen molar-refractivity contribution in [2.45, 2.75) is 5.16 Å². The standard InChI is InChI=1S/C17H14N4O3S/c22-15(10-25-17-19-13-7-3-4-8-14(13)20-17)21-18-9-11-5-1-2-6-12(11)16(23)24/h1-9H,10H2,(H,19,20)(H,21,22)(H,23,24)/b18-9-. The molecule has 0 bridgehead atoms. The Labute approximate surface area is 147 Å². The molecule has 0 saturated heterocycles. The average molecular weight is 354 g/mol. The van der Waals surface area contributed by atoms with Gasteiger partial charge in [0.15, 0.2) is 5.16 Å². The number of H-pyrrole nitrogens is 1. The summed E-state index contributed by atoms with van der Waals surface area (Å²) in [6.07, 6.45) is 1.31.